The van der Waals surface area contributed by atoms with E-state index in [9.17, 15) is 4.79 Å². The number of H-pyrrole nitrogens is 1. The van der Waals surface area contributed by atoms with Gasteiger partial charge < -0.3 is 15.0 Å². The number of likely N-dealkylation sites (tertiary alicyclic amines) is 1. The fourth-order valence-corrected chi connectivity index (χ4v) is 4.49. The number of ether oxygens (including phenoxy) is 1. The molecule has 0 saturated carbocycles. The Morgan fingerprint density at radius 2 is 2.17 bits per heavy atom. The van der Waals surface area contributed by atoms with Gasteiger partial charge in [0.1, 0.15) is 0 Å². The number of carbonyl (C=O) groups excluding carboxylic acids is 1. The number of pyridine rings is 1. The number of imidazole rings is 1. The Kier molecular flexibility index (Phi) is 6.06. The lowest BCUT2D eigenvalue weighted by atomic mass is 9.78. The summed E-state index contributed by atoms with van der Waals surface area (Å²) in [6.45, 7) is 7.53. The predicted octanol–water partition coefficient (Wildman–Crippen LogP) is 1.59. The number of rotatable bonds is 6. The van der Waals surface area contributed by atoms with Gasteiger partial charge in [0.15, 0.2) is 0 Å². The Morgan fingerprint density at radius 3 is 2.90 bits per heavy atom. The fraction of sp³-hybridized carbons (Fsp3) is 0.591. The van der Waals surface area contributed by atoms with Crippen LogP contribution in [0.5, 0.6) is 5.88 Å². The molecule has 1 spiro atoms. The van der Waals surface area contributed by atoms with Crippen molar-refractivity contribution in [2.75, 3.05) is 26.7 Å². The normalized spacial score (nSPS) is 20.9. The number of nitrogens with zero attached hydrogens (tertiary/aromatic N) is 3. The Balaban J connectivity index is 1.44. The maximum Gasteiger partial charge on any atom is 0.237 e. The van der Waals surface area contributed by atoms with Crippen LogP contribution in [0.1, 0.15) is 43.8 Å². The van der Waals surface area contributed by atoms with E-state index in [4.69, 9.17) is 4.74 Å². The predicted molar refractivity (Wildman–Crippen MR) is 114 cm³/mol. The SMILES string of the molecule is COc1cccc(CN2CCC3(CC2)N[C@H](C(=O)NCC(C)C)Cc2[nH]cnc23)n1. The molecule has 1 saturated heterocycles. The van der Waals surface area contributed by atoms with E-state index in [1.165, 1.54) is 0 Å². The van der Waals surface area contributed by atoms with E-state index in [2.05, 4.69) is 44.3 Å². The van der Waals surface area contributed by atoms with Gasteiger partial charge in [-0.05, 0) is 24.8 Å². The first-order chi connectivity index (χ1) is 14.5. The quantitative estimate of drug-likeness (QED) is 0.667. The maximum atomic E-state index is 12.8. The van der Waals surface area contributed by atoms with Gasteiger partial charge in [0.05, 0.1) is 36.4 Å². The Bertz CT molecular complexity index is 872. The molecule has 3 N–H and O–H groups in total. The zero-order valence-corrected chi connectivity index (χ0v) is 18.1. The summed E-state index contributed by atoms with van der Waals surface area (Å²) in [5, 5.41) is 6.76. The van der Waals surface area contributed by atoms with E-state index in [1.54, 1.807) is 13.4 Å². The van der Waals surface area contributed by atoms with Crippen LogP contribution in [0.4, 0.5) is 0 Å². The Labute approximate surface area is 177 Å². The van der Waals surface area contributed by atoms with Crippen molar-refractivity contribution < 1.29 is 9.53 Å². The highest BCUT2D eigenvalue weighted by molar-refractivity contribution is 5.82. The summed E-state index contributed by atoms with van der Waals surface area (Å²) in [5.74, 6) is 1.15. The summed E-state index contributed by atoms with van der Waals surface area (Å²) in [4.78, 5) is 27.6. The van der Waals surface area contributed by atoms with E-state index in [0.717, 1.165) is 49.6 Å². The summed E-state index contributed by atoms with van der Waals surface area (Å²) in [5.41, 5.74) is 2.91. The number of aromatic nitrogens is 3. The zero-order chi connectivity index (χ0) is 21.1. The number of amides is 1. The van der Waals surface area contributed by atoms with Gasteiger partial charge in [-0.2, -0.15) is 0 Å². The van der Waals surface area contributed by atoms with Gasteiger partial charge in [-0.15, -0.1) is 0 Å². The molecule has 162 valence electrons. The molecule has 2 aliphatic rings. The summed E-state index contributed by atoms with van der Waals surface area (Å²) >= 11 is 0. The molecule has 8 heteroatoms. The van der Waals surface area contributed by atoms with Crippen LogP contribution < -0.4 is 15.4 Å². The molecule has 1 atom stereocenters. The van der Waals surface area contributed by atoms with Crippen LogP contribution in [0, 0.1) is 5.92 Å². The number of aromatic amines is 1. The largest absolute Gasteiger partial charge is 0.481 e. The molecule has 8 nitrogen and oxygen atoms in total. The average molecular weight is 413 g/mol. The molecule has 1 amide bonds. The van der Waals surface area contributed by atoms with Crippen LogP contribution in [0.2, 0.25) is 0 Å². The number of piperidine rings is 1. The highest BCUT2D eigenvalue weighted by Crippen LogP contribution is 2.37. The van der Waals surface area contributed by atoms with Crippen molar-refractivity contribution in [2.45, 2.75) is 51.2 Å². The van der Waals surface area contributed by atoms with Gasteiger partial charge in [-0.3, -0.25) is 15.0 Å². The molecule has 4 heterocycles. The lowest BCUT2D eigenvalue weighted by Crippen LogP contribution is -2.61. The van der Waals surface area contributed by atoms with E-state index in [0.29, 0.717) is 24.8 Å². The van der Waals surface area contributed by atoms with Gasteiger partial charge in [0, 0.05) is 44.4 Å². The molecule has 30 heavy (non-hydrogen) atoms. The van der Waals surface area contributed by atoms with Gasteiger partial charge in [-0.25, -0.2) is 9.97 Å². The smallest absolute Gasteiger partial charge is 0.237 e. The molecule has 1 fully saturated rings. The lowest BCUT2D eigenvalue weighted by Gasteiger charge is -2.46. The topological polar surface area (TPSA) is 95.2 Å². The number of fused-ring (bicyclic) bond motifs is 2. The molecule has 2 aromatic rings. The highest BCUT2D eigenvalue weighted by Gasteiger charge is 2.45. The first-order valence-corrected chi connectivity index (χ1v) is 10.8. The van der Waals surface area contributed by atoms with Gasteiger partial charge in [-0.1, -0.05) is 19.9 Å². The first kappa shape index (κ1) is 20.8. The van der Waals surface area contributed by atoms with Crippen LogP contribution in [0.25, 0.3) is 0 Å². The maximum absolute atomic E-state index is 12.8. The Hall–Kier alpha value is -2.45. The molecule has 2 aromatic heterocycles. The van der Waals surface area contributed by atoms with Gasteiger partial charge >= 0.3 is 0 Å². The summed E-state index contributed by atoms with van der Waals surface area (Å²) < 4.78 is 5.24. The number of carbonyl (C=O) groups is 1. The number of hydrogen-bond acceptors (Lipinski definition) is 6. The van der Waals surface area contributed by atoms with Crippen LogP contribution >= 0.6 is 0 Å². The van der Waals surface area contributed by atoms with Gasteiger partial charge in [0.2, 0.25) is 11.8 Å². The second-order valence-corrected chi connectivity index (χ2v) is 8.80. The first-order valence-electron chi connectivity index (χ1n) is 10.8. The lowest BCUT2D eigenvalue weighted by molar-refractivity contribution is -0.124. The minimum absolute atomic E-state index is 0.0753. The summed E-state index contributed by atoms with van der Waals surface area (Å²) in [6, 6.07) is 5.64. The van der Waals surface area contributed by atoms with Crippen LogP contribution in [0.3, 0.4) is 0 Å². The zero-order valence-electron chi connectivity index (χ0n) is 18.1. The second-order valence-electron chi connectivity index (χ2n) is 8.80. The molecule has 0 aromatic carbocycles. The minimum atomic E-state index is -0.258. The van der Waals surface area contributed by atoms with Crippen molar-refractivity contribution in [3.63, 3.8) is 0 Å². The Morgan fingerprint density at radius 1 is 1.37 bits per heavy atom. The van der Waals surface area contributed by atoms with E-state index in [1.807, 2.05) is 18.2 Å². The average Bonchev–Trinajstić information content (AvgIpc) is 3.23. The van der Waals surface area contributed by atoms with Crippen LogP contribution in [-0.4, -0.2) is 58.5 Å². The third kappa shape index (κ3) is 4.34. The minimum Gasteiger partial charge on any atom is -0.481 e. The van der Waals surface area contributed by atoms with Crippen molar-refractivity contribution in [3.05, 3.63) is 41.6 Å². The van der Waals surface area contributed by atoms with E-state index in [-0.39, 0.29) is 17.5 Å². The van der Waals surface area contributed by atoms with Crippen molar-refractivity contribution >= 4 is 5.91 Å². The molecule has 0 radical (unpaired) electrons. The van der Waals surface area contributed by atoms with Crippen molar-refractivity contribution in [1.82, 2.24) is 30.5 Å². The fourth-order valence-electron chi connectivity index (χ4n) is 4.49. The molecular formula is C22H32N6O2. The second kappa shape index (κ2) is 8.73. The molecule has 0 aliphatic carbocycles. The standard InChI is InChI=1S/C22H32N6O2/c1-15(2)12-23-21(29)18-11-17-20(25-14-24-17)22(27-18)7-9-28(10-8-22)13-16-5-4-6-19(26-16)30-3/h4-6,14-15,18,27H,7-13H2,1-3H3,(H,23,29)(H,24,25)/t18-/m0/s1. The third-order valence-electron chi connectivity index (χ3n) is 6.12. The van der Waals surface area contributed by atoms with Crippen molar-refractivity contribution in [2.24, 2.45) is 5.92 Å². The third-order valence-corrected chi connectivity index (χ3v) is 6.12. The molecule has 0 bridgehead atoms. The number of methoxy groups -OCH3 is 1. The van der Waals surface area contributed by atoms with Crippen LogP contribution in [-0.2, 0) is 23.3 Å². The summed E-state index contributed by atoms with van der Waals surface area (Å²) in [6.07, 6.45) is 4.22. The number of hydrogen-bond donors (Lipinski definition) is 3. The molecular weight excluding hydrogens is 380 g/mol. The van der Waals surface area contributed by atoms with Gasteiger partial charge in [0.25, 0.3) is 0 Å². The summed E-state index contributed by atoms with van der Waals surface area (Å²) in [7, 11) is 1.64. The van der Waals surface area contributed by atoms with Crippen molar-refractivity contribution in [1.29, 1.82) is 0 Å². The van der Waals surface area contributed by atoms with E-state index < -0.39 is 0 Å². The van der Waals surface area contributed by atoms with Crippen LogP contribution in [0.15, 0.2) is 24.5 Å². The monoisotopic (exact) mass is 412 g/mol. The molecule has 2 aliphatic heterocycles. The van der Waals surface area contributed by atoms with E-state index >= 15 is 0 Å². The molecule has 4 rings (SSSR count). The molecule has 0 unspecified atom stereocenters. The number of nitrogens with one attached hydrogen (secondary N) is 3. The highest BCUT2D eigenvalue weighted by atomic mass is 16.5. The van der Waals surface area contributed by atoms with Crippen molar-refractivity contribution in [3.8, 4) is 5.88 Å².